The molecule has 4 N–H and O–H groups in total. The van der Waals surface area contributed by atoms with Gasteiger partial charge in [0.05, 0.1) is 26.1 Å². The number of azide groups is 1. The first-order valence-electron chi connectivity index (χ1n) is 17.2. The highest BCUT2D eigenvalue weighted by molar-refractivity contribution is 5.86. The number of aliphatic hydroxyl groups excluding tert-OH is 2. The van der Waals surface area contributed by atoms with E-state index in [1.165, 1.54) is 17.2 Å². The fourth-order valence-electron chi connectivity index (χ4n) is 6.33. The molecule has 1 aliphatic rings. The average Bonchev–Trinajstić information content (AvgIpc) is 3.70. The first-order valence-corrected chi connectivity index (χ1v) is 17.2. The summed E-state index contributed by atoms with van der Waals surface area (Å²) < 4.78 is 18.5. The lowest BCUT2D eigenvalue weighted by Gasteiger charge is -2.25. The molecule has 0 saturated carbocycles. The predicted octanol–water partition coefficient (Wildman–Crippen LogP) is 4.36. The van der Waals surface area contributed by atoms with Crippen molar-refractivity contribution in [1.82, 2.24) is 30.2 Å². The normalized spacial score (nSPS) is 18.8. The molecule has 2 aromatic heterocycles. The summed E-state index contributed by atoms with van der Waals surface area (Å²) in [5.74, 6) is 0.615. The Morgan fingerprint density at radius 2 is 1.75 bits per heavy atom. The van der Waals surface area contributed by atoms with Crippen LogP contribution in [0.3, 0.4) is 0 Å². The zero-order valence-electron chi connectivity index (χ0n) is 30.8. The molecule has 5 atom stereocenters. The topological polar surface area (TPSA) is 222 Å². The number of fused-ring (bicyclic) bond motifs is 1. The Morgan fingerprint density at radius 3 is 2.34 bits per heavy atom. The number of rotatable bonds is 14. The van der Waals surface area contributed by atoms with Crippen molar-refractivity contribution in [3.05, 3.63) is 81.7 Å². The summed E-state index contributed by atoms with van der Waals surface area (Å²) in [5, 5.41) is 31.2. The summed E-state index contributed by atoms with van der Waals surface area (Å²) in [5.41, 5.74) is 13.7. The van der Waals surface area contributed by atoms with E-state index < -0.39 is 49.1 Å². The molecule has 17 heteroatoms. The first-order chi connectivity index (χ1) is 25.4. The third kappa shape index (κ3) is 8.60. The number of aromatic nitrogens is 4. The van der Waals surface area contributed by atoms with Crippen molar-refractivity contribution < 1.29 is 34.0 Å². The number of anilines is 1. The highest BCUT2D eigenvalue weighted by atomic mass is 16.6. The molecule has 0 bridgehead atoms. The second kappa shape index (κ2) is 16.9. The maximum absolute atomic E-state index is 14.0. The van der Waals surface area contributed by atoms with Crippen molar-refractivity contribution in [2.24, 2.45) is 5.11 Å². The minimum atomic E-state index is -1.33. The molecule has 1 aliphatic heterocycles. The van der Waals surface area contributed by atoms with Gasteiger partial charge in [-0.3, -0.25) is 9.36 Å². The minimum absolute atomic E-state index is 0.0351. The van der Waals surface area contributed by atoms with Crippen LogP contribution in [0.15, 0.2) is 54.2 Å². The molecule has 282 valence electrons. The maximum atomic E-state index is 14.0. The number of ether oxygens (including phenoxy) is 3. The predicted molar refractivity (Wildman–Crippen MR) is 196 cm³/mol. The number of nitrogens with zero attached hydrogens (tertiary/aromatic N) is 8. The van der Waals surface area contributed by atoms with Gasteiger partial charge in [0, 0.05) is 31.1 Å². The molecule has 5 rings (SSSR count). The molecule has 4 aromatic rings. The second-order valence-electron chi connectivity index (χ2n) is 13.6. The van der Waals surface area contributed by atoms with Crippen LogP contribution in [0.5, 0.6) is 5.75 Å². The smallest absolute Gasteiger partial charge is 0.408 e. The summed E-state index contributed by atoms with van der Waals surface area (Å²) in [7, 11) is 5.18. The quantitative estimate of drug-likeness (QED) is 0.0811. The maximum Gasteiger partial charge on any atom is 0.408 e. The number of carbonyl (C=O) groups is 2. The number of alkyl carbamates (subject to hydrolysis) is 1. The number of imidazole rings is 1. The van der Waals surface area contributed by atoms with Crippen molar-refractivity contribution in [2.45, 2.75) is 83.1 Å². The second-order valence-corrected chi connectivity index (χ2v) is 13.6. The van der Waals surface area contributed by atoms with Crippen molar-refractivity contribution in [3.63, 3.8) is 0 Å². The lowest BCUT2D eigenvalue weighted by atomic mass is 9.90. The molecular weight excluding hydrogens is 684 g/mol. The van der Waals surface area contributed by atoms with E-state index in [4.69, 9.17) is 14.2 Å². The number of amides is 2. The summed E-state index contributed by atoms with van der Waals surface area (Å²) in [6.07, 6.45) is -1.34. The fourth-order valence-corrected chi connectivity index (χ4v) is 6.33. The van der Waals surface area contributed by atoms with Gasteiger partial charge in [-0.25, -0.2) is 19.7 Å². The van der Waals surface area contributed by atoms with Crippen LogP contribution in [0.2, 0.25) is 0 Å². The van der Waals surface area contributed by atoms with Crippen molar-refractivity contribution in [3.8, 4) is 5.75 Å². The van der Waals surface area contributed by atoms with Gasteiger partial charge in [0.25, 0.3) is 0 Å². The van der Waals surface area contributed by atoms with E-state index >= 15 is 0 Å². The number of hydrogen-bond donors (Lipinski definition) is 4. The number of nitrogens with one attached hydrogen (secondary N) is 2. The zero-order valence-corrected chi connectivity index (χ0v) is 30.8. The van der Waals surface area contributed by atoms with E-state index in [0.29, 0.717) is 39.5 Å². The summed E-state index contributed by atoms with van der Waals surface area (Å²) in [6, 6.07) is 8.48. The Kier molecular flexibility index (Phi) is 12.4. The van der Waals surface area contributed by atoms with E-state index in [0.717, 1.165) is 11.1 Å². The fraction of sp³-hybridized carbons (Fsp3) is 0.472. The molecule has 0 spiro atoms. The lowest BCUT2D eigenvalue weighted by Crippen LogP contribution is -2.55. The van der Waals surface area contributed by atoms with Crippen LogP contribution < -0.4 is 20.3 Å². The minimum Gasteiger partial charge on any atom is -0.497 e. The number of hydrogen-bond acceptors (Lipinski definition) is 12. The summed E-state index contributed by atoms with van der Waals surface area (Å²) in [4.78, 5) is 45.1. The molecule has 3 heterocycles. The molecule has 1 saturated heterocycles. The Hall–Kier alpha value is -5.48. The van der Waals surface area contributed by atoms with Gasteiger partial charge in [-0.2, -0.15) is 0 Å². The van der Waals surface area contributed by atoms with Gasteiger partial charge in [0.2, 0.25) is 5.91 Å². The van der Waals surface area contributed by atoms with E-state index in [1.807, 2.05) is 53.9 Å². The highest BCUT2D eigenvalue weighted by Gasteiger charge is 2.46. The SMILES string of the molecule is COc1ccc(CC(NC(=O)OCc2cc(C(C)C)c(N=[N+]=[N-])c(C(C)C)c2)C(=O)NC2[C@@H](CO)O[C@@H](n3cnc4c(N(C)C)ncnc43)[C@H]2O)cc1. The van der Waals surface area contributed by atoms with E-state index in [2.05, 4.69) is 35.6 Å². The van der Waals surface area contributed by atoms with Crippen LogP contribution >= 0.6 is 0 Å². The molecule has 0 aliphatic carbocycles. The standard InChI is InChI=1S/C36H46N10O7/c1-19(2)24-12-22(13-25(20(3)4)28(24)43-44-37)16-52-36(50)41-26(14-21-8-10-23(51-7)11-9-21)34(49)42-29-27(15-47)53-35(31(29)48)46-18-40-30-32(45(5)6)38-17-39-33(30)46/h8-13,17-20,26-27,29,31,35,47-48H,14-16H2,1-7H3,(H,41,50)(H,42,49)/t26?,27-,29?,31+,35-/m1/s1. The molecule has 53 heavy (non-hydrogen) atoms. The first kappa shape index (κ1) is 38.7. The van der Waals surface area contributed by atoms with Gasteiger partial charge < -0.3 is 40.0 Å². The lowest BCUT2D eigenvalue weighted by molar-refractivity contribution is -0.124. The van der Waals surface area contributed by atoms with Gasteiger partial charge in [-0.1, -0.05) is 57.1 Å². The molecule has 2 aromatic carbocycles. The molecule has 0 radical (unpaired) electrons. The van der Waals surface area contributed by atoms with E-state index in [-0.39, 0.29) is 24.9 Å². The monoisotopic (exact) mass is 730 g/mol. The van der Waals surface area contributed by atoms with Crippen LogP contribution in [0.4, 0.5) is 16.3 Å². The average molecular weight is 731 g/mol. The third-order valence-electron chi connectivity index (χ3n) is 9.10. The summed E-state index contributed by atoms with van der Waals surface area (Å²) in [6.45, 7) is 7.31. The molecule has 2 unspecified atom stereocenters. The van der Waals surface area contributed by atoms with Gasteiger partial charge in [0.1, 0.15) is 36.9 Å². The molecule has 2 amide bonds. The van der Waals surface area contributed by atoms with Crippen LogP contribution in [-0.2, 0) is 27.3 Å². The largest absolute Gasteiger partial charge is 0.497 e. The molecular formula is C36H46N10O7. The number of methoxy groups -OCH3 is 1. The van der Waals surface area contributed by atoms with Crippen molar-refractivity contribution >= 4 is 34.7 Å². The van der Waals surface area contributed by atoms with Gasteiger partial charge in [0.15, 0.2) is 23.2 Å². The zero-order chi connectivity index (χ0) is 38.4. The van der Waals surface area contributed by atoms with Crippen LogP contribution in [-0.4, -0.2) is 93.8 Å². The molecule has 1 fully saturated rings. The number of benzene rings is 2. The number of carbonyl (C=O) groups excluding carboxylic acids is 2. The van der Waals surface area contributed by atoms with Crippen LogP contribution in [0.25, 0.3) is 21.6 Å². The van der Waals surface area contributed by atoms with E-state index in [9.17, 15) is 25.3 Å². The van der Waals surface area contributed by atoms with Gasteiger partial charge in [-0.15, -0.1) is 0 Å². The Bertz CT molecular complexity index is 1930. The van der Waals surface area contributed by atoms with E-state index in [1.54, 1.807) is 36.3 Å². The summed E-state index contributed by atoms with van der Waals surface area (Å²) >= 11 is 0. The van der Waals surface area contributed by atoms with Crippen molar-refractivity contribution in [1.29, 1.82) is 0 Å². The van der Waals surface area contributed by atoms with Crippen LogP contribution in [0, 0.1) is 0 Å². The molecule has 17 nitrogen and oxygen atoms in total. The Morgan fingerprint density at radius 1 is 1.08 bits per heavy atom. The third-order valence-corrected chi connectivity index (χ3v) is 9.10. The van der Waals surface area contributed by atoms with Crippen molar-refractivity contribution in [2.75, 3.05) is 32.7 Å². The van der Waals surface area contributed by atoms with Gasteiger partial charge >= 0.3 is 6.09 Å². The highest BCUT2D eigenvalue weighted by Crippen LogP contribution is 2.37. The van der Waals surface area contributed by atoms with Gasteiger partial charge in [-0.05, 0) is 51.8 Å². The van der Waals surface area contributed by atoms with Crippen LogP contribution in [0.1, 0.15) is 68.0 Å². The number of aliphatic hydroxyl groups is 2. The Balaban J connectivity index is 1.36. The Labute approximate surface area is 306 Å².